The van der Waals surface area contributed by atoms with E-state index in [2.05, 4.69) is 21.6 Å². The number of fused-ring (bicyclic) bond motifs is 3. The van der Waals surface area contributed by atoms with Gasteiger partial charge in [0.25, 0.3) is 5.91 Å². The van der Waals surface area contributed by atoms with Crippen LogP contribution >= 0.6 is 0 Å². The Kier molecular flexibility index (Phi) is 3.73. The van der Waals surface area contributed by atoms with Crippen molar-refractivity contribution >= 4 is 23.0 Å². The van der Waals surface area contributed by atoms with E-state index in [-0.39, 0.29) is 11.7 Å². The first-order valence-corrected chi connectivity index (χ1v) is 8.24. The highest BCUT2D eigenvalue weighted by Crippen LogP contribution is 2.39. The van der Waals surface area contributed by atoms with Crippen LogP contribution in [0.3, 0.4) is 0 Å². The zero-order valence-electron chi connectivity index (χ0n) is 13.0. The number of ether oxygens (including phenoxy) is 2. The van der Waals surface area contributed by atoms with Crippen LogP contribution in [0.5, 0.6) is 0 Å². The Balaban J connectivity index is 1.50. The molecule has 122 valence electrons. The molecule has 1 aromatic rings. The van der Waals surface area contributed by atoms with E-state index in [1.165, 1.54) is 31.2 Å². The summed E-state index contributed by atoms with van der Waals surface area (Å²) in [5.74, 6) is -0.0595. The molecular weight excluding hydrogens is 294 g/mol. The van der Waals surface area contributed by atoms with Crippen LogP contribution < -0.4 is 15.5 Å². The van der Waals surface area contributed by atoms with Crippen LogP contribution in [0.2, 0.25) is 0 Å². The minimum atomic E-state index is -0.280. The van der Waals surface area contributed by atoms with Gasteiger partial charge in [-0.05, 0) is 37.5 Å². The number of hydrogen-bond acceptors (Lipinski definition) is 5. The van der Waals surface area contributed by atoms with Crippen molar-refractivity contribution in [2.75, 3.05) is 35.3 Å². The maximum absolute atomic E-state index is 12.1. The van der Waals surface area contributed by atoms with Crippen molar-refractivity contribution in [1.29, 1.82) is 0 Å². The Bertz CT molecular complexity index is 644. The average Bonchev–Trinajstić information content (AvgIpc) is 2.76. The number of carbonyl (C=O) groups excluding carboxylic acids is 1. The highest BCUT2D eigenvalue weighted by molar-refractivity contribution is 6.02. The molecule has 0 aromatic heterocycles. The van der Waals surface area contributed by atoms with E-state index >= 15 is 0 Å². The van der Waals surface area contributed by atoms with Crippen molar-refractivity contribution in [2.24, 2.45) is 0 Å². The standard InChI is InChI=1S/C17H21N3O3/c21-17(15-11-22-8-9-23-15)18-12-5-6-14-13(10-12)19-16-4-2-1-3-7-20(14)16/h5-6,10-11,16,19H,1-4,7-9H2,(H,18,21). The van der Waals surface area contributed by atoms with Gasteiger partial charge in [-0.25, -0.2) is 0 Å². The third-order valence-electron chi connectivity index (χ3n) is 4.51. The molecule has 0 saturated carbocycles. The molecule has 1 amide bonds. The zero-order chi connectivity index (χ0) is 15.6. The van der Waals surface area contributed by atoms with Gasteiger partial charge in [0.15, 0.2) is 0 Å². The lowest BCUT2D eigenvalue weighted by atomic mass is 10.2. The lowest BCUT2D eigenvalue weighted by Gasteiger charge is -2.24. The number of rotatable bonds is 2. The van der Waals surface area contributed by atoms with Crippen LogP contribution in [0.4, 0.5) is 17.1 Å². The largest absolute Gasteiger partial charge is 0.494 e. The Morgan fingerprint density at radius 1 is 1.26 bits per heavy atom. The molecular formula is C17H21N3O3. The molecule has 23 heavy (non-hydrogen) atoms. The van der Waals surface area contributed by atoms with Gasteiger partial charge in [0, 0.05) is 12.2 Å². The number of anilines is 3. The second-order valence-corrected chi connectivity index (χ2v) is 6.09. The number of hydrogen-bond donors (Lipinski definition) is 2. The van der Waals surface area contributed by atoms with E-state index in [1.807, 2.05) is 12.1 Å². The van der Waals surface area contributed by atoms with Gasteiger partial charge < -0.3 is 25.0 Å². The Hall–Kier alpha value is -2.37. The number of benzene rings is 1. The van der Waals surface area contributed by atoms with Gasteiger partial charge in [-0.15, -0.1) is 0 Å². The highest BCUT2D eigenvalue weighted by atomic mass is 16.6. The third-order valence-corrected chi connectivity index (χ3v) is 4.51. The van der Waals surface area contributed by atoms with Crippen molar-refractivity contribution in [3.05, 3.63) is 30.2 Å². The number of nitrogens with zero attached hydrogens (tertiary/aromatic N) is 1. The fourth-order valence-corrected chi connectivity index (χ4v) is 3.39. The number of amides is 1. The average molecular weight is 315 g/mol. The second kappa shape index (κ2) is 6.02. The van der Waals surface area contributed by atoms with E-state index in [9.17, 15) is 4.79 Å². The van der Waals surface area contributed by atoms with E-state index in [0.29, 0.717) is 19.4 Å². The molecule has 2 N–H and O–H groups in total. The molecule has 1 fully saturated rings. The van der Waals surface area contributed by atoms with Gasteiger partial charge in [0.1, 0.15) is 19.5 Å². The topological polar surface area (TPSA) is 62.8 Å². The van der Waals surface area contributed by atoms with Crippen molar-refractivity contribution in [3.63, 3.8) is 0 Å². The molecule has 3 aliphatic heterocycles. The third kappa shape index (κ3) is 2.81. The molecule has 0 radical (unpaired) electrons. The first kappa shape index (κ1) is 14.2. The van der Waals surface area contributed by atoms with Gasteiger partial charge in [-0.2, -0.15) is 0 Å². The van der Waals surface area contributed by atoms with Crippen LogP contribution in [-0.2, 0) is 14.3 Å². The summed E-state index contributed by atoms with van der Waals surface area (Å²) in [5, 5.41) is 6.44. The maximum atomic E-state index is 12.1. The lowest BCUT2D eigenvalue weighted by molar-refractivity contribution is -0.117. The van der Waals surface area contributed by atoms with E-state index in [4.69, 9.17) is 9.47 Å². The van der Waals surface area contributed by atoms with Gasteiger partial charge in [0.05, 0.1) is 17.5 Å². The minimum Gasteiger partial charge on any atom is -0.494 e. The maximum Gasteiger partial charge on any atom is 0.294 e. The highest BCUT2D eigenvalue weighted by Gasteiger charge is 2.29. The second-order valence-electron chi connectivity index (χ2n) is 6.09. The predicted molar refractivity (Wildman–Crippen MR) is 88.3 cm³/mol. The molecule has 6 heteroatoms. The van der Waals surface area contributed by atoms with Gasteiger partial charge in [-0.3, -0.25) is 4.79 Å². The fraction of sp³-hybridized carbons (Fsp3) is 0.471. The van der Waals surface area contributed by atoms with Crippen LogP contribution in [0, 0.1) is 0 Å². The number of carbonyl (C=O) groups is 1. The molecule has 1 unspecified atom stereocenters. The van der Waals surface area contributed by atoms with Gasteiger partial charge in [-0.1, -0.05) is 6.42 Å². The predicted octanol–water partition coefficient (Wildman–Crippen LogP) is 2.65. The molecule has 4 rings (SSSR count). The van der Waals surface area contributed by atoms with Gasteiger partial charge >= 0.3 is 0 Å². The van der Waals surface area contributed by atoms with Crippen molar-refractivity contribution in [2.45, 2.75) is 31.8 Å². The summed E-state index contributed by atoms with van der Waals surface area (Å²) in [5.41, 5.74) is 3.07. The number of nitrogens with one attached hydrogen (secondary N) is 2. The molecule has 0 bridgehead atoms. The summed E-state index contributed by atoms with van der Waals surface area (Å²) >= 11 is 0. The van der Waals surface area contributed by atoms with Crippen LogP contribution in [0.25, 0.3) is 0 Å². The zero-order valence-corrected chi connectivity index (χ0v) is 13.0. The molecule has 1 aromatic carbocycles. The molecule has 0 spiro atoms. The SMILES string of the molecule is O=C(Nc1ccc2c(c1)NC1CCCCCN21)C1=COCCO1. The summed E-state index contributed by atoms with van der Waals surface area (Å²) in [6.45, 7) is 1.98. The van der Waals surface area contributed by atoms with E-state index in [0.717, 1.165) is 24.3 Å². The Morgan fingerprint density at radius 3 is 3.09 bits per heavy atom. The summed E-state index contributed by atoms with van der Waals surface area (Å²) < 4.78 is 10.4. The normalized spacial score (nSPS) is 22.5. The van der Waals surface area contributed by atoms with Crippen molar-refractivity contribution in [3.8, 4) is 0 Å². The van der Waals surface area contributed by atoms with E-state index in [1.54, 1.807) is 0 Å². The molecule has 3 aliphatic rings. The summed E-state index contributed by atoms with van der Waals surface area (Å²) in [6.07, 6.45) is 6.72. The van der Waals surface area contributed by atoms with Crippen LogP contribution in [0.1, 0.15) is 25.7 Å². The van der Waals surface area contributed by atoms with Crippen molar-refractivity contribution in [1.82, 2.24) is 0 Å². The Labute approximate surface area is 135 Å². The van der Waals surface area contributed by atoms with Crippen molar-refractivity contribution < 1.29 is 14.3 Å². The first-order valence-electron chi connectivity index (χ1n) is 8.24. The molecule has 1 saturated heterocycles. The Morgan fingerprint density at radius 2 is 2.22 bits per heavy atom. The lowest BCUT2D eigenvalue weighted by Crippen LogP contribution is -2.34. The minimum absolute atomic E-state index is 0.221. The summed E-state index contributed by atoms with van der Waals surface area (Å²) in [6, 6.07) is 6.01. The molecule has 0 aliphatic carbocycles. The monoisotopic (exact) mass is 315 g/mol. The molecule has 6 nitrogen and oxygen atoms in total. The van der Waals surface area contributed by atoms with Gasteiger partial charge in [0.2, 0.25) is 5.76 Å². The van der Waals surface area contributed by atoms with E-state index < -0.39 is 0 Å². The molecule has 1 atom stereocenters. The fourth-order valence-electron chi connectivity index (χ4n) is 3.39. The smallest absolute Gasteiger partial charge is 0.294 e. The quantitative estimate of drug-likeness (QED) is 0.878. The summed E-state index contributed by atoms with van der Waals surface area (Å²) in [4.78, 5) is 14.6. The van der Waals surface area contributed by atoms with Crippen LogP contribution in [0.15, 0.2) is 30.2 Å². The molecule has 3 heterocycles. The van der Waals surface area contributed by atoms with Crippen LogP contribution in [-0.4, -0.2) is 31.8 Å². The first-order chi connectivity index (χ1) is 11.3. The summed E-state index contributed by atoms with van der Waals surface area (Å²) in [7, 11) is 0.